The molecule has 8 rings (SSSR count). The summed E-state index contributed by atoms with van der Waals surface area (Å²) in [5.41, 5.74) is 4.53. The SMILES string of the molecule is c1ccc2c(c1)sc1ccc(-c3cc(-c4ccc5c6ccccc6c6ccccc6c5c4)ccn3)cc12. The van der Waals surface area contributed by atoms with E-state index in [4.69, 9.17) is 4.98 Å². The van der Waals surface area contributed by atoms with Gasteiger partial charge < -0.3 is 0 Å². The first-order chi connectivity index (χ1) is 18.3. The number of aromatic nitrogens is 1. The molecule has 0 atom stereocenters. The minimum atomic E-state index is 0.998. The first kappa shape index (κ1) is 20.6. The quantitative estimate of drug-likeness (QED) is 0.221. The van der Waals surface area contributed by atoms with Crippen LogP contribution in [0.2, 0.25) is 0 Å². The molecule has 37 heavy (non-hydrogen) atoms. The Bertz CT molecular complexity index is 2120. The lowest BCUT2D eigenvalue weighted by Crippen LogP contribution is -1.87. The van der Waals surface area contributed by atoms with Crippen LogP contribution in [-0.2, 0) is 0 Å². The lowest BCUT2D eigenvalue weighted by atomic mass is 9.92. The Labute approximate surface area is 218 Å². The summed E-state index contributed by atoms with van der Waals surface area (Å²) < 4.78 is 2.64. The molecule has 8 aromatic rings. The van der Waals surface area contributed by atoms with Crippen LogP contribution in [0, 0.1) is 0 Å². The standard InChI is InChI=1S/C35H21NS/c1-2-9-27-25(7-1)26-8-3-4-10-28(26)31-19-22(13-15-29(27)31)23-17-18-36-33(21-23)24-14-16-35-32(20-24)30-11-5-6-12-34(30)37-35/h1-21H. The number of pyridine rings is 1. The van der Waals surface area contributed by atoms with E-state index in [9.17, 15) is 0 Å². The summed E-state index contributed by atoms with van der Waals surface area (Å²) in [5, 5.41) is 10.4. The van der Waals surface area contributed by atoms with Gasteiger partial charge >= 0.3 is 0 Å². The van der Waals surface area contributed by atoms with Crippen LogP contribution in [0.25, 0.3) is 74.9 Å². The largest absolute Gasteiger partial charge is 0.256 e. The molecule has 0 unspecified atom stereocenters. The van der Waals surface area contributed by atoms with Crippen molar-refractivity contribution in [3.8, 4) is 22.4 Å². The Hall–Kier alpha value is -4.53. The van der Waals surface area contributed by atoms with E-state index in [1.54, 1.807) is 0 Å². The Morgan fingerprint density at radius 2 is 0.919 bits per heavy atom. The first-order valence-electron chi connectivity index (χ1n) is 12.5. The van der Waals surface area contributed by atoms with E-state index in [0.717, 1.165) is 11.3 Å². The molecule has 0 saturated carbocycles. The van der Waals surface area contributed by atoms with Crippen LogP contribution in [0.15, 0.2) is 128 Å². The van der Waals surface area contributed by atoms with Crippen molar-refractivity contribution in [1.29, 1.82) is 0 Å². The number of fused-ring (bicyclic) bond motifs is 9. The van der Waals surface area contributed by atoms with E-state index in [0.29, 0.717) is 0 Å². The molecule has 2 heterocycles. The van der Waals surface area contributed by atoms with Gasteiger partial charge in [-0.2, -0.15) is 0 Å². The number of thiophene rings is 1. The van der Waals surface area contributed by atoms with Gasteiger partial charge in [0.25, 0.3) is 0 Å². The molecule has 1 nitrogen and oxygen atoms in total. The third-order valence-corrected chi connectivity index (χ3v) is 8.66. The number of hydrogen-bond acceptors (Lipinski definition) is 2. The van der Waals surface area contributed by atoms with Crippen LogP contribution in [-0.4, -0.2) is 4.98 Å². The first-order valence-corrected chi connectivity index (χ1v) is 13.4. The minimum absolute atomic E-state index is 0.998. The topological polar surface area (TPSA) is 12.9 Å². The Kier molecular flexibility index (Phi) is 4.46. The van der Waals surface area contributed by atoms with Gasteiger partial charge in [0.2, 0.25) is 0 Å². The monoisotopic (exact) mass is 487 g/mol. The lowest BCUT2D eigenvalue weighted by molar-refractivity contribution is 1.33. The molecule has 172 valence electrons. The smallest absolute Gasteiger partial charge is 0.0708 e. The van der Waals surface area contributed by atoms with E-state index in [1.165, 1.54) is 63.6 Å². The van der Waals surface area contributed by atoms with Crippen LogP contribution in [0.3, 0.4) is 0 Å². The Morgan fingerprint density at radius 1 is 0.378 bits per heavy atom. The Balaban J connectivity index is 1.31. The molecule has 0 saturated heterocycles. The molecule has 2 heteroatoms. The summed E-state index contributed by atoms with van der Waals surface area (Å²) in [6.07, 6.45) is 1.93. The molecule has 0 aliphatic rings. The zero-order chi connectivity index (χ0) is 24.3. The second-order valence-corrected chi connectivity index (χ2v) is 10.7. The molecule has 2 aromatic heterocycles. The fourth-order valence-corrected chi connectivity index (χ4v) is 6.83. The summed E-state index contributed by atoms with van der Waals surface area (Å²) in [5.74, 6) is 0. The molecular weight excluding hydrogens is 466 g/mol. The molecule has 0 aliphatic heterocycles. The van der Waals surface area contributed by atoms with Gasteiger partial charge in [-0.15, -0.1) is 11.3 Å². The maximum atomic E-state index is 4.76. The van der Waals surface area contributed by atoms with Crippen molar-refractivity contribution in [1.82, 2.24) is 4.98 Å². The maximum absolute atomic E-state index is 4.76. The van der Waals surface area contributed by atoms with Crippen LogP contribution >= 0.6 is 11.3 Å². The third-order valence-electron chi connectivity index (χ3n) is 7.51. The van der Waals surface area contributed by atoms with Gasteiger partial charge in [-0.25, -0.2) is 0 Å². The summed E-state index contributed by atoms with van der Waals surface area (Å²) >= 11 is 1.85. The molecular formula is C35H21NS. The van der Waals surface area contributed by atoms with E-state index in [-0.39, 0.29) is 0 Å². The minimum Gasteiger partial charge on any atom is -0.256 e. The predicted molar refractivity (Wildman–Crippen MR) is 161 cm³/mol. The Morgan fingerprint density at radius 3 is 1.68 bits per heavy atom. The van der Waals surface area contributed by atoms with Crippen molar-refractivity contribution in [3.05, 3.63) is 128 Å². The summed E-state index contributed by atoms with van der Waals surface area (Å²) in [6, 6.07) is 44.1. The van der Waals surface area contributed by atoms with E-state index < -0.39 is 0 Å². The van der Waals surface area contributed by atoms with Crippen molar-refractivity contribution in [2.75, 3.05) is 0 Å². The number of rotatable bonds is 2. The highest BCUT2D eigenvalue weighted by Gasteiger charge is 2.11. The van der Waals surface area contributed by atoms with Gasteiger partial charge in [-0.1, -0.05) is 84.9 Å². The summed E-state index contributed by atoms with van der Waals surface area (Å²) in [7, 11) is 0. The number of benzene rings is 6. The third kappa shape index (κ3) is 3.20. The van der Waals surface area contributed by atoms with Gasteiger partial charge in [0, 0.05) is 31.9 Å². The second-order valence-electron chi connectivity index (χ2n) is 9.59. The van der Waals surface area contributed by atoms with Crippen molar-refractivity contribution in [3.63, 3.8) is 0 Å². The zero-order valence-electron chi connectivity index (χ0n) is 20.0. The summed E-state index contributed by atoms with van der Waals surface area (Å²) in [6.45, 7) is 0. The van der Waals surface area contributed by atoms with E-state index >= 15 is 0 Å². The highest BCUT2D eigenvalue weighted by atomic mass is 32.1. The van der Waals surface area contributed by atoms with Crippen molar-refractivity contribution in [2.24, 2.45) is 0 Å². The predicted octanol–water partition coefficient (Wildman–Crippen LogP) is 10.2. The van der Waals surface area contributed by atoms with Crippen LogP contribution in [0.1, 0.15) is 0 Å². The zero-order valence-corrected chi connectivity index (χ0v) is 20.8. The normalized spacial score (nSPS) is 11.8. The van der Waals surface area contributed by atoms with Gasteiger partial charge in [0.1, 0.15) is 0 Å². The molecule has 0 spiro atoms. The van der Waals surface area contributed by atoms with E-state index in [1.807, 2.05) is 17.5 Å². The van der Waals surface area contributed by atoms with Gasteiger partial charge in [0.05, 0.1) is 5.69 Å². The van der Waals surface area contributed by atoms with Crippen molar-refractivity contribution in [2.45, 2.75) is 0 Å². The van der Waals surface area contributed by atoms with Crippen LogP contribution in [0.5, 0.6) is 0 Å². The van der Waals surface area contributed by atoms with Crippen LogP contribution in [0.4, 0.5) is 0 Å². The highest BCUT2D eigenvalue weighted by molar-refractivity contribution is 7.25. The lowest BCUT2D eigenvalue weighted by Gasteiger charge is -2.12. The second kappa shape index (κ2) is 7.99. The van der Waals surface area contributed by atoms with Crippen molar-refractivity contribution >= 4 is 63.8 Å². The van der Waals surface area contributed by atoms with Crippen LogP contribution < -0.4 is 0 Å². The molecule has 0 N–H and O–H groups in total. The summed E-state index contributed by atoms with van der Waals surface area (Å²) in [4.78, 5) is 4.76. The van der Waals surface area contributed by atoms with Crippen molar-refractivity contribution < 1.29 is 0 Å². The molecule has 0 aliphatic carbocycles. The molecule has 0 radical (unpaired) electrons. The molecule has 0 bridgehead atoms. The highest BCUT2D eigenvalue weighted by Crippen LogP contribution is 2.39. The fourth-order valence-electron chi connectivity index (χ4n) is 5.74. The van der Waals surface area contributed by atoms with Gasteiger partial charge in [0.15, 0.2) is 0 Å². The molecule has 0 amide bonds. The average Bonchev–Trinajstić information content (AvgIpc) is 3.35. The average molecular weight is 488 g/mol. The number of nitrogens with zero attached hydrogens (tertiary/aromatic N) is 1. The maximum Gasteiger partial charge on any atom is 0.0708 e. The molecule has 6 aromatic carbocycles. The number of hydrogen-bond donors (Lipinski definition) is 0. The van der Waals surface area contributed by atoms with E-state index in [2.05, 4.69) is 121 Å². The van der Waals surface area contributed by atoms with Gasteiger partial charge in [-0.05, 0) is 79.8 Å². The molecule has 0 fully saturated rings. The van der Waals surface area contributed by atoms with Gasteiger partial charge in [-0.3, -0.25) is 4.98 Å². The fraction of sp³-hybridized carbons (Fsp3) is 0.